The zero-order valence-corrected chi connectivity index (χ0v) is 14.6. The van der Waals surface area contributed by atoms with Crippen LogP contribution in [-0.2, 0) is 22.4 Å². The van der Waals surface area contributed by atoms with E-state index in [0.29, 0.717) is 36.1 Å². The second-order valence-corrected chi connectivity index (χ2v) is 5.58. The molecule has 2 N–H and O–H groups in total. The van der Waals surface area contributed by atoms with E-state index in [-0.39, 0.29) is 0 Å². The Hall–Kier alpha value is -2.56. The molecule has 0 amide bonds. The van der Waals surface area contributed by atoms with Gasteiger partial charge in [0, 0.05) is 5.56 Å². The van der Waals surface area contributed by atoms with Crippen molar-refractivity contribution in [3.63, 3.8) is 0 Å². The monoisotopic (exact) mass is 332 g/mol. The molecule has 0 atom stereocenters. The van der Waals surface area contributed by atoms with E-state index in [9.17, 15) is 19.8 Å². The minimum atomic E-state index is -1.43. The first-order valence-corrected chi connectivity index (χ1v) is 7.81. The zero-order chi connectivity index (χ0) is 18.4. The highest BCUT2D eigenvalue weighted by atomic mass is 16.5. The lowest BCUT2D eigenvalue weighted by Gasteiger charge is -2.19. The van der Waals surface area contributed by atoms with Crippen molar-refractivity contribution in [2.24, 2.45) is 0 Å². The van der Waals surface area contributed by atoms with Gasteiger partial charge in [-0.05, 0) is 49.0 Å². The lowest BCUT2D eigenvalue weighted by atomic mass is 9.87. The van der Waals surface area contributed by atoms with Crippen LogP contribution in [0.25, 0.3) is 5.57 Å². The maximum Gasteiger partial charge on any atom is 0.343 e. The molecule has 0 aromatic heterocycles. The Kier molecular flexibility index (Phi) is 6.77. The molecule has 5 heteroatoms. The summed E-state index contributed by atoms with van der Waals surface area (Å²) in [6.07, 6.45) is 1.53. The molecule has 1 rings (SSSR count). The third-order valence-corrected chi connectivity index (χ3v) is 3.85. The first-order valence-electron chi connectivity index (χ1n) is 7.81. The number of rotatable bonds is 8. The van der Waals surface area contributed by atoms with Crippen LogP contribution in [-0.4, -0.2) is 29.3 Å². The molecule has 0 heterocycles. The molecule has 0 spiro atoms. The van der Waals surface area contributed by atoms with Crippen LogP contribution in [0.5, 0.6) is 5.75 Å². The molecule has 0 radical (unpaired) electrons. The molecule has 0 saturated carbocycles. The van der Waals surface area contributed by atoms with Gasteiger partial charge >= 0.3 is 11.9 Å². The van der Waals surface area contributed by atoms with E-state index in [2.05, 4.69) is 6.58 Å². The zero-order valence-electron chi connectivity index (χ0n) is 14.6. The average molecular weight is 332 g/mol. The third-order valence-electron chi connectivity index (χ3n) is 3.85. The highest BCUT2D eigenvalue weighted by Crippen LogP contribution is 2.34. The SMILES string of the molecule is C=C(C)Cc1c(OC)ccc(C(CC)=C(C(=O)O)C(=O)O)c1CC. The molecular formula is C19H24O5. The van der Waals surface area contributed by atoms with Gasteiger partial charge in [0.05, 0.1) is 7.11 Å². The number of carbonyl (C=O) groups is 2. The van der Waals surface area contributed by atoms with E-state index < -0.39 is 17.5 Å². The smallest absolute Gasteiger partial charge is 0.343 e. The molecule has 5 nitrogen and oxygen atoms in total. The Balaban J connectivity index is 3.80. The number of carboxylic acid groups (broad SMARTS) is 2. The fourth-order valence-electron chi connectivity index (χ4n) is 2.90. The van der Waals surface area contributed by atoms with Gasteiger partial charge in [-0.1, -0.05) is 32.1 Å². The second kappa shape index (κ2) is 8.34. The molecule has 0 aliphatic carbocycles. The first-order chi connectivity index (χ1) is 11.3. The van der Waals surface area contributed by atoms with E-state index in [1.807, 2.05) is 13.8 Å². The topological polar surface area (TPSA) is 83.8 Å². The predicted octanol–water partition coefficient (Wildman–Crippen LogP) is 3.71. The maximum absolute atomic E-state index is 11.4. The van der Waals surface area contributed by atoms with Crippen molar-refractivity contribution in [2.75, 3.05) is 7.11 Å². The van der Waals surface area contributed by atoms with Crippen molar-refractivity contribution in [1.29, 1.82) is 0 Å². The fraction of sp³-hybridized carbons (Fsp3) is 0.368. The predicted molar refractivity (Wildman–Crippen MR) is 93.4 cm³/mol. The van der Waals surface area contributed by atoms with Crippen molar-refractivity contribution in [3.05, 3.63) is 46.5 Å². The molecule has 0 bridgehead atoms. The number of allylic oxidation sites excluding steroid dienone is 2. The van der Waals surface area contributed by atoms with Crippen molar-refractivity contribution in [2.45, 2.75) is 40.0 Å². The lowest BCUT2D eigenvalue weighted by Crippen LogP contribution is -2.15. The number of ether oxygens (including phenoxy) is 1. The number of hydrogen-bond donors (Lipinski definition) is 2. The molecule has 130 valence electrons. The number of carboxylic acids is 2. The van der Waals surface area contributed by atoms with Gasteiger partial charge in [-0.15, -0.1) is 0 Å². The Morgan fingerprint density at radius 2 is 1.71 bits per heavy atom. The fourth-order valence-corrected chi connectivity index (χ4v) is 2.90. The second-order valence-electron chi connectivity index (χ2n) is 5.58. The molecule has 24 heavy (non-hydrogen) atoms. The van der Waals surface area contributed by atoms with Gasteiger partial charge in [-0.3, -0.25) is 0 Å². The summed E-state index contributed by atoms with van der Waals surface area (Å²) in [5.41, 5.74) is 3.15. The van der Waals surface area contributed by atoms with Crippen LogP contribution in [0.15, 0.2) is 29.9 Å². The van der Waals surface area contributed by atoms with E-state index in [4.69, 9.17) is 4.74 Å². The van der Waals surface area contributed by atoms with Gasteiger partial charge in [0.25, 0.3) is 0 Å². The number of aliphatic carboxylic acids is 2. The average Bonchev–Trinajstić information content (AvgIpc) is 2.50. The molecule has 0 unspecified atom stereocenters. The summed E-state index contributed by atoms with van der Waals surface area (Å²) in [4.78, 5) is 22.8. The normalized spacial score (nSPS) is 10.2. The summed E-state index contributed by atoms with van der Waals surface area (Å²) in [5.74, 6) is -2.17. The Labute approximate surface area is 142 Å². The van der Waals surface area contributed by atoms with Crippen LogP contribution < -0.4 is 4.74 Å². The molecular weight excluding hydrogens is 308 g/mol. The molecule has 0 fully saturated rings. The van der Waals surface area contributed by atoms with Crippen LogP contribution in [0.4, 0.5) is 0 Å². The number of methoxy groups -OCH3 is 1. The van der Waals surface area contributed by atoms with Crippen molar-refractivity contribution < 1.29 is 24.5 Å². The van der Waals surface area contributed by atoms with E-state index in [1.165, 1.54) is 0 Å². The highest BCUT2D eigenvalue weighted by Gasteiger charge is 2.24. The van der Waals surface area contributed by atoms with E-state index in [1.54, 1.807) is 26.2 Å². The van der Waals surface area contributed by atoms with Crippen molar-refractivity contribution >= 4 is 17.5 Å². The van der Waals surface area contributed by atoms with E-state index in [0.717, 1.165) is 16.7 Å². The van der Waals surface area contributed by atoms with Crippen molar-refractivity contribution in [1.82, 2.24) is 0 Å². The molecule has 1 aromatic rings. The first kappa shape index (κ1) is 19.5. The standard InChI is InChI=1S/C19H24O5/c1-6-12-14(13(7-2)17(18(20)21)19(22)23)8-9-16(24-5)15(12)10-11(3)4/h8-9H,3,6-7,10H2,1-2,4-5H3,(H,20,21)(H,22,23). The molecule has 1 aromatic carbocycles. The Bertz CT molecular complexity index is 682. The molecule has 0 aliphatic rings. The van der Waals surface area contributed by atoms with Gasteiger partial charge < -0.3 is 14.9 Å². The lowest BCUT2D eigenvalue weighted by molar-refractivity contribution is -0.140. The summed E-state index contributed by atoms with van der Waals surface area (Å²) in [5, 5.41) is 18.6. The number of hydrogen-bond acceptors (Lipinski definition) is 3. The van der Waals surface area contributed by atoms with Crippen LogP contribution in [0, 0.1) is 0 Å². The minimum absolute atomic E-state index is 0.305. The van der Waals surface area contributed by atoms with Gasteiger partial charge in [0.1, 0.15) is 11.3 Å². The van der Waals surface area contributed by atoms with Gasteiger partial charge in [-0.2, -0.15) is 0 Å². The van der Waals surface area contributed by atoms with Crippen LogP contribution in [0.3, 0.4) is 0 Å². The Morgan fingerprint density at radius 3 is 2.08 bits per heavy atom. The summed E-state index contributed by atoms with van der Waals surface area (Å²) in [6.45, 7) is 9.54. The van der Waals surface area contributed by atoms with E-state index >= 15 is 0 Å². The third kappa shape index (κ3) is 4.04. The molecule has 0 saturated heterocycles. The maximum atomic E-state index is 11.4. The quantitative estimate of drug-likeness (QED) is 0.328. The highest BCUT2D eigenvalue weighted by molar-refractivity contribution is 6.18. The minimum Gasteiger partial charge on any atom is -0.496 e. The molecule has 0 aliphatic heterocycles. The van der Waals surface area contributed by atoms with Gasteiger partial charge in [0.2, 0.25) is 0 Å². The summed E-state index contributed by atoms with van der Waals surface area (Å²) < 4.78 is 5.42. The summed E-state index contributed by atoms with van der Waals surface area (Å²) in [7, 11) is 1.58. The van der Waals surface area contributed by atoms with Crippen LogP contribution in [0.2, 0.25) is 0 Å². The van der Waals surface area contributed by atoms with Gasteiger partial charge in [-0.25, -0.2) is 9.59 Å². The largest absolute Gasteiger partial charge is 0.496 e. The summed E-state index contributed by atoms with van der Waals surface area (Å²) in [6, 6.07) is 3.49. The van der Waals surface area contributed by atoms with Gasteiger partial charge in [0.15, 0.2) is 0 Å². The Morgan fingerprint density at radius 1 is 1.12 bits per heavy atom. The van der Waals surface area contributed by atoms with Crippen LogP contribution >= 0.6 is 0 Å². The summed E-state index contributed by atoms with van der Waals surface area (Å²) >= 11 is 0. The van der Waals surface area contributed by atoms with Crippen LogP contribution in [0.1, 0.15) is 43.9 Å². The number of benzene rings is 1. The van der Waals surface area contributed by atoms with Crippen molar-refractivity contribution in [3.8, 4) is 5.75 Å².